The Morgan fingerprint density at radius 1 is 1.39 bits per heavy atom. The summed E-state index contributed by atoms with van der Waals surface area (Å²) in [5.41, 5.74) is 4.24. The van der Waals surface area contributed by atoms with Gasteiger partial charge in [0, 0.05) is 5.02 Å². The van der Waals surface area contributed by atoms with Gasteiger partial charge in [-0.15, -0.1) is 0 Å². The molecule has 0 atom stereocenters. The van der Waals surface area contributed by atoms with Gasteiger partial charge in [-0.3, -0.25) is 0 Å². The van der Waals surface area contributed by atoms with E-state index < -0.39 is 28.8 Å². The SMILES string of the molecule is CC(CO)(CO)NS(=O)(=O)c1cc(Cl)ccc1N. The first kappa shape index (κ1) is 15.2. The number of hydrogen-bond donors (Lipinski definition) is 4. The summed E-state index contributed by atoms with van der Waals surface area (Å²) in [6.07, 6.45) is 0. The highest BCUT2D eigenvalue weighted by molar-refractivity contribution is 7.89. The van der Waals surface area contributed by atoms with Crippen LogP contribution in [-0.4, -0.2) is 37.4 Å². The molecule has 0 aliphatic carbocycles. The van der Waals surface area contributed by atoms with Crippen LogP contribution < -0.4 is 10.5 Å². The van der Waals surface area contributed by atoms with E-state index in [9.17, 15) is 8.42 Å². The number of hydrogen-bond acceptors (Lipinski definition) is 5. The van der Waals surface area contributed by atoms with Crippen LogP contribution in [0.4, 0.5) is 5.69 Å². The van der Waals surface area contributed by atoms with Gasteiger partial charge in [-0.2, -0.15) is 0 Å². The van der Waals surface area contributed by atoms with Crippen LogP contribution in [-0.2, 0) is 10.0 Å². The molecular formula is C10H15ClN2O4S. The molecule has 0 spiro atoms. The lowest BCUT2D eigenvalue weighted by Gasteiger charge is -2.26. The maximum atomic E-state index is 12.1. The van der Waals surface area contributed by atoms with Crippen molar-refractivity contribution in [2.75, 3.05) is 18.9 Å². The molecule has 0 radical (unpaired) electrons. The third-order valence-electron chi connectivity index (χ3n) is 2.34. The lowest BCUT2D eigenvalue weighted by atomic mass is 10.1. The minimum Gasteiger partial charge on any atom is -0.398 e. The molecule has 0 saturated carbocycles. The van der Waals surface area contributed by atoms with E-state index in [1.165, 1.54) is 25.1 Å². The number of aliphatic hydroxyl groups excluding tert-OH is 2. The Balaban J connectivity index is 3.18. The predicted molar refractivity (Wildman–Crippen MR) is 68.8 cm³/mol. The number of nitrogen functional groups attached to an aromatic ring is 1. The van der Waals surface area contributed by atoms with Gasteiger partial charge in [-0.25, -0.2) is 13.1 Å². The summed E-state index contributed by atoms with van der Waals surface area (Å²) in [7, 11) is -3.97. The number of benzene rings is 1. The summed E-state index contributed by atoms with van der Waals surface area (Å²) in [6.45, 7) is 0.262. The molecule has 0 fully saturated rings. The molecular weight excluding hydrogens is 280 g/mol. The molecule has 1 aromatic carbocycles. The van der Waals surface area contributed by atoms with Crippen LogP contribution >= 0.6 is 11.6 Å². The maximum Gasteiger partial charge on any atom is 0.243 e. The first-order valence-corrected chi connectivity index (χ1v) is 6.91. The van der Waals surface area contributed by atoms with Crippen LogP contribution in [0.15, 0.2) is 23.1 Å². The van der Waals surface area contributed by atoms with Crippen molar-refractivity contribution in [3.05, 3.63) is 23.2 Å². The molecule has 1 aromatic rings. The van der Waals surface area contributed by atoms with E-state index in [4.69, 9.17) is 27.5 Å². The monoisotopic (exact) mass is 294 g/mol. The lowest BCUT2D eigenvalue weighted by Crippen LogP contribution is -2.51. The number of aliphatic hydroxyl groups is 2. The molecule has 0 aliphatic rings. The molecule has 0 bridgehead atoms. The van der Waals surface area contributed by atoms with Gasteiger partial charge in [0.2, 0.25) is 10.0 Å². The number of sulfonamides is 1. The van der Waals surface area contributed by atoms with Gasteiger partial charge in [0.25, 0.3) is 0 Å². The van der Waals surface area contributed by atoms with Crippen molar-refractivity contribution in [1.29, 1.82) is 0 Å². The number of anilines is 1. The van der Waals surface area contributed by atoms with E-state index in [1.807, 2.05) is 0 Å². The van der Waals surface area contributed by atoms with Crippen molar-refractivity contribution in [3.63, 3.8) is 0 Å². The third-order valence-corrected chi connectivity index (χ3v) is 4.27. The molecule has 0 aromatic heterocycles. The van der Waals surface area contributed by atoms with Crippen molar-refractivity contribution in [2.24, 2.45) is 0 Å². The molecule has 0 unspecified atom stereocenters. The topological polar surface area (TPSA) is 113 Å². The molecule has 1 rings (SSSR count). The van der Waals surface area contributed by atoms with Crippen LogP contribution in [0.3, 0.4) is 0 Å². The Morgan fingerprint density at radius 2 is 1.94 bits per heavy atom. The summed E-state index contributed by atoms with van der Waals surface area (Å²) >= 11 is 5.72. The molecule has 6 nitrogen and oxygen atoms in total. The average Bonchev–Trinajstić information content (AvgIpc) is 2.31. The van der Waals surface area contributed by atoms with E-state index in [0.29, 0.717) is 0 Å². The zero-order valence-electron chi connectivity index (χ0n) is 9.72. The fourth-order valence-corrected chi connectivity index (χ4v) is 3.02. The average molecular weight is 295 g/mol. The van der Waals surface area contributed by atoms with E-state index >= 15 is 0 Å². The Labute approximate surface area is 110 Å². The normalized spacial score (nSPS) is 12.7. The second-order valence-corrected chi connectivity index (χ2v) is 6.25. The van der Waals surface area contributed by atoms with Crippen molar-refractivity contribution < 1.29 is 18.6 Å². The smallest absolute Gasteiger partial charge is 0.243 e. The highest BCUT2D eigenvalue weighted by atomic mass is 35.5. The Morgan fingerprint density at radius 3 is 2.44 bits per heavy atom. The van der Waals surface area contributed by atoms with Crippen molar-refractivity contribution in [3.8, 4) is 0 Å². The van der Waals surface area contributed by atoms with E-state index in [-0.39, 0.29) is 15.6 Å². The fourth-order valence-electron chi connectivity index (χ4n) is 1.23. The molecule has 8 heteroatoms. The fraction of sp³-hybridized carbons (Fsp3) is 0.400. The Bertz CT molecular complexity index is 529. The third kappa shape index (κ3) is 3.33. The summed E-state index contributed by atoms with van der Waals surface area (Å²) < 4.78 is 26.3. The number of halogens is 1. The quantitative estimate of drug-likeness (QED) is 0.569. The Kier molecular flexibility index (Phi) is 4.57. The number of rotatable bonds is 5. The molecule has 0 amide bonds. The summed E-state index contributed by atoms with van der Waals surface area (Å²) in [6, 6.07) is 4.04. The molecule has 18 heavy (non-hydrogen) atoms. The van der Waals surface area contributed by atoms with Crippen molar-refractivity contribution >= 4 is 27.3 Å². The van der Waals surface area contributed by atoms with Crippen LogP contribution in [0.2, 0.25) is 5.02 Å². The standard InChI is InChI=1S/C10H15ClN2O4S/c1-10(5-14,6-15)13-18(16,17)9-4-7(11)2-3-8(9)12/h2-4,13-15H,5-6,12H2,1H3. The maximum absolute atomic E-state index is 12.1. The second kappa shape index (κ2) is 5.41. The van der Waals surface area contributed by atoms with E-state index in [2.05, 4.69) is 4.72 Å². The summed E-state index contributed by atoms with van der Waals surface area (Å²) in [4.78, 5) is -0.192. The van der Waals surface area contributed by atoms with Gasteiger partial charge in [0.05, 0.1) is 24.4 Å². The van der Waals surface area contributed by atoms with Gasteiger partial charge in [-0.1, -0.05) is 11.6 Å². The van der Waals surface area contributed by atoms with Gasteiger partial charge in [0.15, 0.2) is 0 Å². The van der Waals surface area contributed by atoms with Gasteiger partial charge >= 0.3 is 0 Å². The minimum atomic E-state index is -3.97. The van der Waals surface area contributed by atoms with Gasteiger partial charge in [-0.05, 0) is 25.1 Å². The zero-order valence-corrected chi connectivity index (χ0v) is 11.3. The Hall–Kier alpha value is -0.860. The molecule has 102 valence electrons. The van der Waals surface area contributed by atoms with Crippen molar-refractivity contribution in [2.45, 2.75) is 17.4 Å². The van der Waals surface area contributed by atoms with E-state index in [1.54, 1.807) is 0 Å². The summed E-state index contributed by atoms with van der Waals surface area (Å²) in [5, 5.41) is 18.4. The van der Waals surface area contributed by atoms with Gasteiger partial charge < -0.3 is 15.9 Å². The highest BCUT2D eigenvalue weighted by Crippen LogP contribution is 2.23. The summed E-state index contributed by atoms with van der Waals surface area (Å²) in [5.74, 6) is 0. The van der Waals surface area contributed by atoms with Crippen LogP contribution in [0, 0.1) is 0 Å². The lowest BCUT2D eigenvalue weighted by molar-refractivity contribution is 0.122. The van der Waals surface area contributed by atoms with Crippen LogP contribution in [0.1, 0.15) is 6.92 Å². The van der Waals surface area contributed by atoms with Crippen LogP contribution in [0.5, 0.6) is 0 Å². The number of nitrogens with one attached hydrogen (secondary N) is 1. The van der Waals surface area contributed by atoms with E-state index in [0.717, 1.165) is 0 Å². The first-order valence-electron chi connectivity index (χ1n) is 5.05. The largest absolute Gasteiger partial charge is 0.398 e. The molecule has 0 aliphatic heterocycles. The molecule has 0 saturated heterocycles. The van der Waals surface area contributed by atoms with Crippen LogP contribution in [0.25, 0.3) is 0 Å². The highest BCUT2D eigenvalue weighted by Gasteiger charge is 2.30. The molecule has 0 heterocycles. The first-order chi connectivity index (χ1) is 8.24. The molecule has 5 N–H and O–H groups in total. The van der Waals surface area contributed by atoms with Crippen molar-refractivity contribution in [1.82, 2.24) is 4.72 Å². The van der Waals surface area contributed by atoms with Gasteiger partial charge in [0.1, 0.15) is 4.90 Å². The minimum absolute atomic E-state index is 0.0325. The number of nitrogens with two attached hydrogens (primary N) is 1. The predicted octanol–water partition coefficient (Wildman–Crippen LogP) is -0.0562. The second-order valence-electron chi connectivity index (χ2n) is 4.16. The zero-order chi connectivity index (χ0) is 14.0.